The highest BCUT2D eigenvalue weighted by molar-refractivity contribution is 5.86. The summed E-state index contributed by atoms with van der Waals surface area (Å²) in [4.78, 5) is 26.4. The Morgan fingerprint density at radius 1 is 1.22 bits per heavy atom. The first kappa shape index (κ1) is 25.5. The summed E-state index contributed by atoms with van der Waals surface area (Å²) >= 11 is 0. The lowest BCUT2D eigenvalue weighted by Crippen LogP contribution is -2.59. The van der Waals surface area contributed by atoms with E-state index in [0.29, 0.717) is 6.42 Å². The standard InChI is InChI=1S/C22H29F3N4O3/c1-16(2)12-18(27-20(31)32-13-17-6-4-3-5-7-17)19(30)28-21(14-26)8-10-29(11-9-21)15-22(23,24)25/h3-7,16,18H,8-13,15H2,1-2H3,(H,27,31)(H,28,30)/t18-/m0/s1. The van der Waals surface area contributed by atoms with Crippen molar-refractivity contribution in [3.63, 3.8) is 0 Å². The molecule has 1 aromatic rings. The zero-order chi connectivity index (χ0) is 23.8. The second kappa shape index (κ2) is 11.2. The Morgan fingerprint density at radius 2 is 1.84 bits per heavy atom. The molecule has 2 N–H and O–H groups in total. The predicted molar refractivity (Wildman–Crippen MR) is 111 cm³/mol. The first-order valence-corrected chi connectivity index (χ1v) is 10.5. The molecule has 176 valence electrons. The van der Waals surface area contributed by atoms with Crippen LogP contribution in [-0.2, 0) is 16.1 Å². The Hall–Kier alpha value is -2.80. The molecule has 0 spiro atoms. The summed E-state index contributed by atoms with van der Waals surface area (Å²) in [7, 11) is 0. The molecule has 0 bridgehead atoms. The molecule has 2 rings (SSSR count). The monoisotopic (exact) mass is 454 g/mol. The van der Waals surface area contributed by atoms with Crippen LogP contribution in [0.5, 0.6) is 0 Å². The Balaban J connectivity index is 1.95. The van der Waals surface area contributed by atoms with E-state index >= 15 is 0 Å². The zero-order valence-electron chi connectivity index (χ0n) is 18.2. The van der Waals surface area contributed by atoms with E-state index in [4.69, 9.17) is 4.74 Å². The number of benzene rings is 1. The molecule has 0 radical (unpaired) electrons. The van der Waals surface area contributed by atoms with Gasteiger partial charge in [-0.3, -0.25) is 9.69 Å². The number of amides is 2. The number of nitrogens with zero attached hydrogens (tertiary/aromatic N) is 2. The number of ether oxygens (including phenoxy) is 1. The molecule has 1 atom stereocenters. The molecule has 0 saturated carbocycles. The molecule has 1 fully saturated rings. The number of hydrogen-bond donors (Lipinski definition) is 2. The van der Waals surface area contributed by atoms with Gasteiger partial charge in [-0.05, 0) is 30.7 Å². The van der Waals surface area contributed by atoms with E-state index in [9.17, 15) is 28.0 Å². The summed E-state index contributed by atoms with van der Waals surface area (Å²) in [6.45, 7) is 2.83. The Kier molecular flexibility index (Phi) is 8.89. The lowest BCUT2D eigenvalue weighted by molar-refractivity contribution is -0.149. The molecule has 32 heavy (non-hydrogen) atoms. The number of rotatable bonds is 8. The van der Waals surface area contributed by atoms with Gasteiger partial charge in [0.05, 0.1) is 12.6 Å². The Morgan fingerprint density at radius 3 is 2.38 bits per heavy atom. The van der Waals surface area contributed by atoms with Crippen molar-refractivity contribution in [3.05, 3.63) is 35.9 Å². The van der Waals surface area contributed by atoms with Crippen molar-refractivity contribution < 1.29 is 27.5 Å². The minimum absolute atomic E-state index is 0.0365. The van der Waals surface area contributed by atoms with Gasteiger partial charge in [0.25, 0.3) is 0 Å². The number of nitriles is 1. The highest BCUT2D eigenvalue weighted by Gasteiger charge is 2.40. The van der Waals surface area contributed by atoms with Gasteiger partial charge in [0, 0.05) is 13.1 Å². The number of alkyl carbamates (subject to hydrolysis) is 1. The van der Waals surface area contributed by atoms with Gasteiger partial charge in [0.15, 0.2) is 0 Å². The number of hydrogen-bond acceptors (Lipinski definition) is 5. The average molecular weight is 454 g/mol. The summed E-state index contributed by atoms with van der Waals surface area (Å²) in [5.74, 6) is -0.493. The number of alkyl halides is 3. The van der Waals surface area contributed by atoms with E-state index in [1.54, 1.807) is 12.1 Å². The van der Waals surface area contributed by atoms with Crippen LogP contribution in [0.25, 0.3) is 0 Å². The van der Waals surface area contributed by atoms with Crippen molar-refractivity contribution in [1.82, 2.24) is 15.5 Å². The first-order chi connectivity index (χ1) is 15.0. The fourth-order valence-corrected chi connectivity index (χ4v) is 3.54. The number of carbonyl (C=O) groups excluding carboxylic acids is 2. The van der Waals surface area contributed by atoms with Crippen LogP contribution in [0.1, 0.15) is 38.7 Å². The number of piperidine rings is 1. The van der Waals surface area contributed by atoms with Gasteiger partial charge in [-0.2, -0.15) is 18.4 Å². The number of nitrogens with one attached hydrogen (secondary N) is 2. The largest absolute Gasteiger partial charge is 0.445 e. The smallest absolute Gasteiger partial charge is 0.408 e. The fraction of sp³-hybridized carbons (Fsp3) is 0.591. The van der Waals surface area contributed by atoms with Crippen LogP contribution in [-0.4, -0.2) is 54.3 Å². The highest BCUT2D eigenvalue weighted by Crippen LogP contribution is 2.25. The quantitative estimate of drug-likeness (QED) is 0.628. The van der Waals surface area contributed by atoms with Gasteiger partial charge in [-0.15, -0.1) is 0 Å². The fourth-order valence-electron chi connectivity index (χ4n) is 3.54. The zero-order valence-corrected chi connectivity index (χ0v) is 18.2. The summed E-state index contributed by atoms with van der Waals surface area (Å²) in [6.07, 6.45) is -4.63. The summed E-state index contributed by atoms with van der Waals surface area (Å²) in [5.41, 5.74) is -0.481. The first-order valence-electron chi connectivity index (χ1n) is 10.5. The third kappa shape index (κ3) is 8.38. The molecule has 7 nitrogen and oxygen atoms in total. The van der Waals surface area contributed by atoms with Crippen molar-refractivity contribution in [2.45, 2.75) is 57.5 Å². The van der Waals surface area contributed by atoms with Gasteiger partial charge in [-0.1, -0.05) is 44.2 Å². The number of carbonyl (C=O) groups is 2. The molecular formula is C22H29F3N4O3. The van der Waals surface area contributed by atoms with Crippen LogP contribution in [0.4, 0.5) is 18.0 Å². The van der Waals surface area contributed by atoms with Crippen LogP contribution in [0.15, 0.2) is 30.3 Å². The predicted octanol–water partition coefficient (Wildman–Crippen LogP) is 3.36. The van der Waals surface area contributed by atoms with E-state index in [1.807, 2.05) is 32.0 Å². The van der Waals surface area contributed by atoms with Gasteiger partial charge in [0.1, 0.15) is 18.2 Å². The third-order valence-electron chi connectivity index (χ3n) is 5.22. The van der Waals surface area contributed by atoms with E-state index in [0.717, 1.165) is 5.56 Å². The molecule has 0 unspecified atom stereocenters. The van der Waals surface area contributed by atoms with E-state index in [1.165, 1.54) is 4.90 Å². The van der Waals surface area contributed by atoms with Crippen LogP contribution in [0, 0.1) is 17.2 Å². The van der Waals surface area contributed by atoms with Gasteiger partial charge in [-0.25, -0.2) is 4.79 Å². The minimum Gasteiger partial charge on any atom is -0.445 e. The topological polar surface area (TPSA) is 94.5 Å². The van der Waals surface area contributed by atoms with Crippen LogP contribution in [0.2, 0.25) is 0 Å². The Bertz CT molecular complexity index is 801. The van der Waals surface area contributed by atoms with Gasteiger partial charge in [0.2, 0.25) is 5.91 Å². The van der Waals surface area contributed by atoms with E-state index in [-0.39, 0.29) is 38.5 Å². The van der Waals surface area contributed by atoms with Crippen molar-refractivity contribution in [3.8, 4) is 6.07 Å². The molecule has 1 aromatic carbocycles. The molecule has 1 aliphatic rings. The highest BCUT2D eigenvalue weighted by atomic mass is 19.4. The number of halogens is 3. The second-order valence-corrected chi connectivity index (χ2v) is 8.46. The normalized spacial score (nSPS) is 17.3. The van der Waals surface area contributed by atoms with Crippen LogP contribution in [0.3, 0.4) is 0 Å². The Labute approximate surface area is 185 Å². The maximum Gasteiger partial charge on any atom is 0.408 e. The number of likely N-dealkylation sites (tertiary alicyclic amines) is 1. The minimum atomic E-state index is -4.32. The van der Waals surface area contributed by atoms with E-state index < -0.39 is 36.3 Å². The molecule has 0 aliphatic carbocycles. The molecule has 1 aliphatic heterocycles. The SMILES string of the molecule is CC(C)C[C@H](NC(=O)OCc1ccccc1)C(=O)NC1(C#N)CCN(CC(F)(F)F)CC1. The second-order valence-electron chi connectivity index (χ2n) is 8.46. The third-order valence-corrected chi connectivity index (χ3v) is 5.22. The molecule has 0 aromatic heterocycles. The van der Waals surface area contributed by atoms with E-state index in [2.05, 4.69) is 16.7 Å². The average Bonchev–Trinajstić information content (AvgIpc) is 2.73. The summed E-state index contributed by atoms with van der Waals surface area (Å²) in [5, 5.41) is 14.9. The maximum atomic E-state index is 12.9. The lowest BCUT2D eigenvalue weighted by atomic mass is 9.88. The molecule has 1 heterocycles. The maximum absolute atomic E-state index is 12.9. The van der Waals surface area contributed by atoms with Crippen LogP contribution < -0.4 is 10.6 Å². The molecular weight excluding hydrogens is 425 g/mol. The van der Waals surface area contributed by atoms with Crippen molar-refractivity contribution in [1.29, 1.82) is 5.26 Å². The summed E-state index contributed by atoms with van der Waals surface area (Å²) < 4.78 is 43.0. The molecule has 1 saturated heterocycles. The van der Waals surface area contributed by atoms with Gasteiger partial charge >= 0.3 is 12.3 Å². The van der Waals surface area contributed by atoms with Crippen molar-refractivity contribution in [2.75, 3.05) is 19.6 Å². The summed E-state index contributed by atoms with van der Waals surface area (Å²) in [6, 6.07) is 10.2. The van der Waals surface area contributed by atoms with Crippen LogP contribution >= 0.6 is 0 Å². The van der Waals surface area contributed by atoms with Crippen molar-refractivity contribution in [2.24, 2.45) is 5.92 Å². The van der Waals surface area contributed by atoms with Gasteiger partial charge < -0.3 is 15.4 Å². The molecule has 2 amide bonds. The molecule has 10 heteroatoms. The van der Waals surface area contributed by atoms with Crippen molar-refractivity contribution >= 4 is 12.0 Å². The lowest BCUT2D eigenvalue weighted by Gasteiger charge is -2.38.